The number of carbonyl (C=O) groups is 2. The molecule has 1 unspecified atom stereocenters. The molecule has 0 rings (SSSR count). The zero-order chi connectivity index (χ0) is 47.1. The Bertz CT molecular complexity index is 1180. The summed E-state index contributed by atoms with van der Waals surface area (Å²) in [5.41, 5.74) is 0. The number of hydrogen-bond acceptors (Lipinski definition) is 7. The van der Waals surface area contributed by atoms with Crippen LogP contribution >= 0.6 is 7.82 Å². The Labute approximate surface area is 395 Å². The van der Waals surface area contributed by atoms with E-state index in [2.05, 4.69) is 50.3 Å². The highest BCUT2D eigenvalue weighted by Gasteiger charge is 2.27. The van der Waals surface area contributed by atoms with Crippen LogP contribution in [0.25, 0.3) is 0 Å². The van der Waals surface area contributed by atoms with Gasteiger partial charge in [0.2, 0.25) is 0 Å². The third kappa shape index (κ3) is 49.7. The van der Waals surface area contributed by atoms with Crippen LogP contribution in [0.5, 0.6) is 0 Å². The van der Waals surface area contributed by atoms with Gasteiger partial charge in [0.1, 0.15) is 19.8 Å². The van der Waals surface area contributed by atoms with Crippen LogP contribution in [-0.4, -0.2) is 74.9 Å². The van der Waals surface area contributed by atoms with Crippen LogP contribution in [0, 0.1) is 0 Å². The standard InChI is InChI=1S/C54H102NO8P/c1-6-8-10-12-14-16-18-20-22-24-25-26-27-28-29-31-32-34-36-38-40-42-44-46-53(56)60-50-52(51-62-64(58,59)61-49-48-55(3,4)5)63-54(57)47-45-43-41-39-37-35-33-30-23-21-19-17-15-13-11-9-7-2/h21,23,31-32,38,40,52H,6-20,22,24-30,33-37,39,41-51H2,1-5H3/p+1/b23-21+,32-31+,40-38+/t52-/m0/s1. The van der Waals surface area contributed by atoms with Crippen LogP contribution in [-0.2, 0) is 32.7 Å². The molecule has 0 aliphatic rings. The summed E-state index contributed by atoms with van der Waals surface area (Å²) in [7, 11) is 1.46. The van der Waals surface area contributed by atoms with E-state index in [9.17, 15) is 19.0 Å². The Kier molecular flexibility index (Phi) is 45.1. The first-order chi connectivity index (χ1) is 31.0. The lowest BCUT2D eigenvalue weighted by Gasteiger charge is -2.24. The number of carbonyl (C=O) groups excluding carboxylic acids is 2. The Morgan fingerprint density at radius 1 is 0.469 bits per heavy atom. The van der Waals surface area contributed by atoms with E-state index in [1.165, 1.54) is 154 Å². The zero-order valence-electron chi connectivity index (χ0n) is 42.5. The number of unbranched alkanes of at least 4 members (excludes halogenated alkanes) is 29. The number of nitrogens with zero attached hydrogens (tertiary/aromatic N) is 1. The highest BCUT2D eigenvalue weighted by molar-refractivity contribution is 7.47. The van der Waals surface area contributed by atoms with Gasteiger partial charge in [-0.25, -0.2) is 4.57 Å². The first-order valence-corrected chi connectivity index (χ1v) is 28.2. The van der Waals surface area contributed by atoms with Crippen LogP contribution in [0.15, 0.2) is 36.5 Å². The molecule has 0 aliphatic carbocycles. The summed E-state index contributed by atoms with van der Waals surface area (Å²) in [5, 5.41) is 0. The molecule has 376 valence electrons. The molecule has 2 atom stereocenters. The maximum absolute atomic E-state index is 12.7. The molecule has 0 saturated heterocycles. The normalized spacial score (nSPS) is 13.7. The third-order valence-corrected chi connectivity index (χ3v) is 12.6. The van der Waals surface area contributed by atoms with Gasteiger partial charge < -0.3 is 18.9 Å². The minimum atomic E-state index is -4.39. The van der Waals surface area contributed by atoms with Crippen molar-refractivity contribution in [3.63, 3.8) is 0 Å². The number of esters is 2. The fraction of sp³-hybridized carbons (Fsp3) is 0.852. The molecule has 0 amide bonds. The summed E-state index contributed by atoms with van der Waals surface area (Å²) in [6, 6.07) is 0. The number of likely N-dealkylation sites (N-methyl/N-ethyl adjacent to an activating group) is 1. The molecule has 10 heteroatoms. The van der Waals surface area contributed by atoms with Gasteiger partial charge in [0, 0.05) is 12.8 Å². The molecule has 0 heterocycles. The molecule has 0 bridgehead atoms. The molecule has 0 aromatic rings. The average Bonchev–Trinajstić information content (AvgIpc) is 3.25. The number of ether oxygens (including phenoxy) is 2. The zero-order valence-corrected chi connectivity index (χ0v) is 43.4. The minimum absolute atomic E-state index is 0.0256. The van der Waals surface area contributed by atoms with Gasteiger partial charge in [-0.15, -0.1) is 0 Å². The Balaban J connectivity index is 4.26. The topological polar surface area (TPSA) is 108 Å². The fourth-order valence-electron chi connectivity index (χ4n) is 7.44. The first kappa shape index (κ1) is 62.2. The second kappa shape index (κ2) is 46.3. The van der Waals surface area contributed by atoms with Crippen molar-refractivity contribution in [3.05, 3.63) is 36.5 Å². The predicted molar refractivity (Wildman–Crippen MR) is 270 cm³/mol. The van der Waals surface area contributed by atoms with Gasteiger partial charge in [-0.3, -0.25) is 18.6 Å². The first-order valence-electron chi connectivity index (χ1n) is 26.7. The Morgan fingerprint density at radius 3 is 1.25 bits per heavy atom. The van der Waals surface area contributed by atoms with E-state index in [0.717, 1.165) is 51.4 Å². The number of rotatable bonds is 49. The van der Waals surface area contributed by atoms with E-state index >= 15 is 0 Å². The van der Waals surface area contributed by atoms with Gasteiger partial charge in [0.15, 0.2) is 6.10 Å². The largest absolute Gasteiger partial charge is 0.472 e. The van der Waals surface area contributed by atoms with Crippen LogP contribution in [0.2, 0.25) is 0 Å². The summed E-state index contributed by atoms with van der Waals surface area (Å²) in [5.74, 6) is -0.845. The monoisotopic (exact) mass is 925 g/mol. The molecule has 0 aliphatic heterocycles. The number of allylic oxidation sites excluding steroid dienone is 6. The second-order valence-electron chi connectivity index (χ2n) is 19.2. The molecule has 0 aromatic carbocycles. The van der Waals surface area contributed by atoms with E-state index in [1.54, 1.807) is 0 Å². The highest BCUT2D eigenvalue weighted by Crippen LogP contribution is 2.43. The van der Waals surface area contributed by atoms with Gasteiger partial charge in [-0.1, -0.05) is 198 Å². The summed E-state index contributed by atoms with van der Waals surface area (Å²) in [4.78, 5) is 35.5. The summed E-state index contributed by atoms with van der Waals surface area (Å²) < 4.78 is 34.4. The molecule has 9 nitrogen and oxygen atoms in total. The summed E-state index contributed by atoms with van der Waals surface area (Å²) in [6.07, 6.45) is 55.0. The van der Waals surface area contributed by atoms with Crippen molar-refractivity contribution in [2.24, 2.45) is 0 Å². The second-order valence-corrected chi connectivity index (χ2v) is 20.7. The van der Waals surface area contributed by atoms with Crippen molar-refractivity contribution < 1.29 is 42.1 Å². The van der Waals surface area contributed by atoms with Gasteiger partial charge >= 0.3 is 19.8 Å². The SMILES string of the molecule is CCCCCCCC/C=C/CCCCCCCCCC(=O)O[C@@H](COC(=O)CCC/C=C/CC/C=C/CCCCCCCCCCCCCCCC)COP(=O)(O)OCC[N+](C)(C)C. The van der Waals surface area contributed by atoms with Gasteiger partial charge in [-0.05, 0) is 70.6 Å². The van der Waals surface area contributed by atoms with E-state index < -0.39 is 32.5 Å². The third-order valence-electron chi connectivity index (χ3n) is 11.6. The predicted octanol–water partition coefficient (Wildman–Crippen LogP) is 16.0. The molecule has 0 radical (unpaired) electrons. The lowest BCUT2D eigenvalue weighted by Crippen LogP contribution is -2.37. The van der Waals surface area contributed by atoms with E-state index in [-0.39, 0.29) is 26.1 Å². The van der Waals surface area contributed by atoms with Gasteiger partial charge in [-0.2, -0.15) is 0 Å². The number of phosphoric ester groups is 1. The lowest BCUT2D eigenvalue weighted by molar-refractivity contribution is -0.870. The van der Waals surface area contributed by atoms with Gasteiger partial charge in [0.25, 0.3) is 0 Å². The smallest absolute Gasteiger partial charge is 0.462 e. The van der Waals surface area contributed by atoms with Crippen molar-refractivity contribution >= 4 is 19.8 Å². The number of quaternary nitrogens is 1. The lowest BCUT2D eigenvalue weighted by atomic mass is 10.0. The molecule has 0 fully saturated rings. The molecule has 64 heavy (non-hydrogen) atoms. The summed E-state index contributed by atoms with van der Waals surface area (Å²) >= 11 is 0. The van der Waals surface area contributed by atoms with Crippen molar-refractivity contribution in [1.29, 1.82) is 0 Å². The molecular weight excluding hydrogens is 822 g/mol. The van der Waals surface area contributed by atoms with Crippen molar-refractivity contribution in [1.82, 2.24) is 0 Å². The molecule has 1 N–H and O–H groups in total. The van der Waals surface area contributed by atoms with Crippen LogP contribution in [0.4, 0.5) is 0 Å². The van der Waals surface area contributed by atoms with E-state index in [1.807, 2.05) is 21.1 Å². The van der Waals surface area contributed by atoms with Crippen LogP contribution in [0.1, 0.15) is 245 Å². The van der Waals surface area contributed by atoms with Crippen LogP contribution in [0.3, 0.4) is 0 Å². The Hall–Kier alpha value is -1.77. The maximum atomic E-state index is 12.7. The van der Waals surface area contributed by atoms with Gasteiger partial charge in [0.05, 0.1) is 27.7 Å². The Morgan fingerprint density at radius 2 is 0.828 bits per heavy atom. The number of phosphoric acid groups is 1. The number of hydrogen-bond donors (Lipinski definition) is 1. The molecular formula is C54H103NO8P+. The van der Waals surface area contributed by atoms with E-state index in [0.29, 0.717) is 23.9 Å². The fourth-order valence-corrected chi connectivity index (χ4v) is 8.18. The molecule has 0 aromatic heterocycles. The van der Waals surface area contributed by atoms with Crippen LogP contribution < -0.4 is 0 Å². The average molecular weight is 925 g/mol. The highest BCUT2D eigenvalue weighted by atomic mass is 31.2. The van der Waals surface area contributed by atoms with Crippen molar-refractivity contribution in [2.75, 3.05) is 47.5 Å². The quantitative estimate of drug-likeness (QED) is 0.0211. The minimum Gasteiger partial charge on any atom is -0.462 e. The molecule has 0 saturated carbocycles. The maximum Gasteiger partial charge on any atom is 0.472 e. The summed E-state index contributed by atoms with van der Waals surface area (Å²) in [6.45, 7) is 4.41. The van der Waals surface area contributed by atoms with Crippen molar-refractivity contribution in [3.8, 4) is 0 Å². The van der Waals surface area contributed by atoms with E-state index in [4.69, 9.17) is 18.5 Å². The van der Waals surface area contributed by atoms with Crippen molar-refractivity contribution in [2.45, 2.75) is 251 Å². The molecule has 0 spiro atoms.